The fourth-order valence-corrected chi connectivity index (χ4v) is 1.39. The minimum Gasteiger partial charge on any atom is -0.323 e. The van der Waals surface area contributed by atoms with Crippen molar-refractivity contribution in [1.82, 2.24) is 4.98 Å². The van der Waals surface area contributed by atoms with E-state index in [4.69, 9.17) is 16.4 Å². The molecule has 0 aliphatic carbocycles. The first-order valence-corrected chi connectivity index (χ1v) is 5.26. The molecule has 0 fully saturated rings. The molecule has 2 rings (SSSR count). The molecule has 0 aliphatic heterocycles. The fourth-order valence-electron chi connectivity index (χ4n) is 1.39. The van der Waals surface area contributed by atoms with E-state index in [0.717, 1.165) is 16.7 Å². The Morgan fingerprint density at radius 3 is 2.00 bits per heavy atom. The lowest BCUT2D eigenvalue weighted by atomic mass is 10.1. The molecule has 0 unspecified atom stereocenters. The highest BCUT2D eigenvalue weighted by Gasteiger charge is 1.98. The van der Waals surface area contributed by atoms with E-state index >= 15 is 0 Å². The van der Waals surface area contributed by atoms with Crippen molar-refractivity contribution in [2.24, 2.45) is 10.9 Å². The second kappa shape index (κ2) is 9.75. The first-order valence-electron chi connectivity index (χ1n) is 5.26. The van der Waals surface area contributed by atoms with Gasteiger partial charge in [-0.3, -0.25) is 0 Å². The van der Waals surface area contributed by atoms with Crippen LogP contribution >= 0.6 is 0 Å². The summed E-state index contributed by atoms with van der Waals surface area (Å²) in [6.45, 7) is 7.00. The molecular weight excluding hydrogens is 257 g/mol. The third-order valence-corrected chi connectivity index (χ3v) is 2.20. The van der Waals surface area contributed by atoms with Crippen molar-refractivity contribution in [2.45, 2.75) is 0 Å². The summed E-state index contributed by atoms with van der Waals surface area (Å²) < 4.78 is 12.6. The van der Waals surface area contributed by atoms with Crippen LogP contribution in [0.2, 0.25) is 0 Å². The fraction of sp³-hybridized carbons (Fsp3) is 0. The number of nitrogens with zero attached hydrogens (tertiary/aromatic N) is 4. The SMILES string of the molecule is C#N.C#N.NN=Cc1ccc(-c2ccc(F)nc2)cc1. The zero-order valence-electron chi connectivity index (χ0n) is 10.5. The van der Waals surface area contributed by atoms with Gasteiger partial charge in [0.05, 0.1) is 6.21 Å². The van der Waals surface area contributed by atoms with Crippen molar-refractivity contribution in [1.29, 1.82) is 10.5 Å². The number of nitrogens with two attached hydrogens (primary N) is 1. The first-order chi connectivity index (χ1) is 9.79. The van der Waals surface area contributed by atoms with Gasteiger partial charge < -0.3 is 5.84 Å². The Labute approximate surface area is 116 Å². The van der Waals surface area contributed by atoms with Gasteiger partial charge >= 0.3 is 0 Å². The molecule has 2 aromatic rings. The van der Waals surface area contributed by atoms with Crippen LogP contribution in [0, 0.1) is 29.6 Å². The number of hydrazone groups is 1. The Morgan fingerprint density at radius 2 is 1.55 bits per heavy atom. The number of hydrogen-bond donors (Lipinski definition) is 1. The maximum atomic E-state index is 12.6. The van der Waals surface area contributed by atoms with E-state index in [1.807, 2.05) is 24.3 Å². The third kappa shape index (κ3) is 4.94. The summed E-state index contributed by atoms with van der Waals surface area (Å²) in [7, 11) is 0. The van der Waals surface area contributed by atoms with Crippen LogP contribution < -0.4 is 5.84 Å². The van der Waals surface area contributed by atoms with Crippen LogP contribution in [0.25, 0.3) is 11.1 Å². The van der Waals surface area contributed by atoms with Gasteiger partial charge in [0.25, 0.3) is 0 Å². The average molecular weight is 269 g/mol. The van der Waals surface area contributed by atoms with E-state index in [2.05, 4.69) is 23.2 Å². The molecule has 2 N–H and O–H groups in total. The van der Waals surface area contributed by atoms with Crippen LogP contribution in [0.3, 0.4) is 0 Å². The zero-order valence-corrected chi connectivity index (χ0v) is 10.5. The van der Waals surface area contributed by atoms with Crippen LogP contribution in [-0.2, 0) is 0 Å². The molecule has 1 aromatic carbocycles. The van der Waals surface area contributed by atoms with Crippen molar-refractivity contribution < 1.29 is 4.39 Å². The molecule has 6 heteroatoms. The lowest BCUT2D eigenvalue weighted by Gasteiger charge is -2.01. The Bertz CT molecular complexity index is 564. The third-order valence-electron chi connectivity index (χ3n) is 2.20. The Morgan fingerprint density at radius 1 is 1.00 bits per heavy atom. The largest absolute Gasteiger partial charge is 0.323 e. The van der Waals surface area contributed by atoms with E-state index in [0.29, 0.717) is 0 Å². The number of hydrogen-bond acceptors (Lipinski definition) is 5. The highest BCUT2D eigenvalue weighted by atomic mass is 19.1. The monoisotopic (exact) mass is 269 g/mol. The Hall–Kier alpha value is -3.25. The molecule has 5 nitrogen and oxygen atoms in total. The number of aromatic nitrogens is 1. The summed E-state index contributed by atoms with van der Waals surface area (Å²) in [5.41, 5.74) is 2.76. The van der Waals surface area contributed by atoms with Crippen molar-refractivity contribution in [3.8, 4) is 24.3 Å². The maximum absolute atomic E-state index is 12.6. The van der Waals surface area contributed by atoms with E-state index in [-0.39, 0.29) is 0 Å². The lowest BCUT2D eigenvalue weighted by Crippen LogP contribution is -1.87. The van der Waals surface area contributed by atoms with Crippen LogP contribution in [0.4, 0.5) is 4.39 Å². The number of nitriles is 2. The Kier molecular flexibility index (Phi) is 8.16. The van der Waals surface area contributed by atoms with Gasteiger partial charge in [0, 0.05) is 24.9 Å². The molecule has 0 amide bonds. The van der Waals surface area contributed by atoms with Crippen LogP contribution in [-0.4, -0.2) is 11.2 Å². The minimum absolute atomic E-state index is 0.476. The summed E-state index contributed by atoms with van der Waals surface area (Å²) >= 11 is 0. The van der Waals surface area contributed by atoms with Crippen molar-refractivity contribution in [2.75, 3.05) is 0 Å². The van der Waals surface area contributed by atoms with Crippen LogP contribution in [0.15, 0.2) is 47.7 Å². The number of halogens is 1. The second-order valence-electron chi connectivity index (χ2n) is 3.27. The molecule has 0 bridgehead atoms. The first kappa shape index (κ1) is 16.7. The summed E-state index contributed by atoms with van der Waals surface area (Å²) in [5.74, 6) is 4.57. The predicted molar refractivity (Wildman–Crippen MR) is 74.8 cm³/mol. The molecule has 0 spiro atoms. The summed E-state index contributed by atoms with van der Waals surface area (Å²) in [6.07, 6.45) is 3.06. The molecule has 0 aliphatic rings. The number of rotatable bonds is 2. The average Bonchev–Trinajstić information content (AvgIpc) is 2.53. The molecule has 1 heterocycles. The molecule has 0 radical (unpaired) electrons. The Balaban J connectivity index is 0.000000829. The normalized spacial score (nSPS) is 8.85. The van der Waals surface area contributed by atoms with Gasteiger partial charge in [-0.15, -0.1) is 0 Å². The smallest absolute Gasteiger partial charge is 0.212 e. The van der Waals surface area contributed by atoms with Gasteiger partial charge in [0.15, 0.2) is 0 Å². The van der Waals surface area contributed by atoms with Gasteiger partial charge in [0.1, 0.15) is 0 Å². The highest BCUT2D eigenvalue weighted by Crippen LogP contribution is 2.18. The lowest BCUT2D eigenvalue weighted by molar-refractivity contribution is 0.584. The molecule has 100 valence electrons. The molecule has 0 saturated heterocycles. The van der Waals surface area contributed by atoms with Crippen LogP contribution in [0.5, 0.6) is 0 Å². The summed E-state index contributed by atoms with van der Waals surface area (Å²) in [4.78, 5) is 3.60. The topological polar surface area (TPSA) is 98.8 Å². The molecule has 0 saturated carbocycles. The summed E-state index contributed by atoms with van der Waals surface area (Å²) in [6, 6.07) is 10.6. The molecular formula is C14H12FN5. The van der Waals surface area contributed by atoms with E-state index < -0.39 is 5.95 Å². The maximum Gasteiger partial charge on any atom is 0.212 e. The van der Waals surface area contributed by atoms with Gasteiger partial charge in [-0.2, -0.15) is 9.49 Å². The molecule has 0 atom stereocenters. The summed E-state index contributed by atoms with van der Waals surface area (Å²) in [5, 5.41) is 16.4. The number of pyridine rings is 1. The predicted octanol–water partition coefficient (Wildman–Crippen LogP) is 2.46. The standard InChI is InChI=1S/C12H10FN3.2CHN/c13-12-6-5-11(8-15-12)10-3-1-9(2-4-10)7-16-14;2*1-2/h1-8H,14H2;2*1H. The van der Waals surface area contributed by atoms with E-state index in [1.54, 1.807) is 12.3 Å². The van der Waals surface area contributed by atoms with Gasteiger partial charge in [-0.25, -0.2) is 15.5 Å². The minimum atomic E-state index is -0.476. The zero-order chi connectivity index (χ0) is 15.4. The van der Waals surface area contributed by atoms with Crippen LogP contribution in [0.1, 0.15) is 5.56 Å². The molecule has 20 heavy (non-hydrogen) atoms. The van der Waals surface area contributed by atoms with Crippen molar-refractivity contribution >= 4 is 6.21 Å². The number of benzene rings is 1. The van der Waals surface area contributed by atoms with Crippen molar-refractivity contribution in [3.05, 3.63) is 54.1 Å². The van der Waals surface area contributed by atoms with E-state index in [1.165, 1.54) is 12.3 Å². The van der Waals surface area contributed by atoms with Gasteiger partial charge in [-0.1, -0.05) is 24.3 Å². The van der Waals surface area contributed by atoms with Gasteiger partial charge in [-0.05, 0) is 23.3 Å². The second-order valence-corrected chi connectivity index (χ2v) is 3.27. The quantitative estimate of drug-likeness (QED) is 0.391. The highest BCUT2D eigenvalue weighted by molar-refractivity contribution is 5.80. The van der Waals surface area contributed by atoms with Gasteiger partial charge in [0.2, 0.25) is 5.95 Å². The van der Waals surface area contributed by atoms with Crippen molar-refractivity contribution in [3.63, 3.8) is 0 Å². The molecule has 1 aromatic heterocycles. The van der Waals surface area contributed by atoms with E-state index in [9.17, 15) is 4.39 Å².